The van der Waals surface area contributed by atoms with Crippen LogP contribution in [0.1, 0.15) is 10.4 Å². The van der Waals surface area contributed by atoms with E-state index in [9.17, 15) is 4.79 Å². The molecule has 0 bridgehead atoms. The topological polar surface area (TPSA) is 17.1 Å². The van der Waals surface area contributed by atoms with E-state index in [0.717, 1.165) is 0 Å². The van der Waals surface area contributed by atoms with Crippen molar-refractivity contribution in [2.24, 2.45) is 0 Å². The molecule has 0 aliphatic carbocycles. The molecule has 1 nitrogen and oxygen atoms in total. The second kappa shape index (κ2) is 4.26. The van der Waals surface area contributed by atoms with Crippen molar-refractivity contribution < 1.29 is 4.79 Å². The fourth-order valence-corrected chi connectivity index (χ4v) is 1.95. The molecule has 0 aliphatic heterocycles. The largest absolute Gasteiger partial charge is 0.293 e. The fraction of sp³-hybridized carbons (Fsp3) is 0.125. The van der Waals surface area contributed by atoms with Gasteiger partial charge in [0.1, 0.15) is 0 Å². The molecule has 0 N–H and O–H groups in total. The second-order valence-electron chi connectivity index (χ2n) is 2.15. The van der Waals surface area contributed by atoms with Gasteiger partial charge in [0.25, 0.3) is 0 Å². The fourth-order valence-electron chi connectivity index (χ4n) is 0.831. The van der Waals surface area contributed by atoms with Crippen LogP contribution >= 0.6 is 39.1 Å². The summed E-state index contributed by atoms with van der Waals surface area (Å²) in [7, 11) is 0. The summed E-state index contributed by atoms with van der Waals surface area (Å²) in [6.07, 6.45) is 0. The quantitative estimate of drug-likeness (QED) is 0.592. The molecule has 64 valence electrons. The average molecular weight is 268 g/mol. The van der Waals surface area contributed by atoms with Gasteiger partial charge in [-0.05, 0) is 28.1 Å². The molecule has 12 heavy (non-hydrogen) atoms. The van der Waals surface area contributed by atoms with Crippen LogP contribution in [-0.2, 0) is 0 Å². The molecule has 0 aliphatic rings. The Morgan fingerprint density at radius 1 is 1.50 bits per heavy atom. The number of hydrogen-bond donors (Lipinski definition) is 0. The van der Waals surface area contributed by atoms with Crippen molar-refractivity contribution in [3.8, 4) is 0 Å². The highest BCUT2D eigenvalue weighted by molar-refractivity contribution is 9.10. The van der Waals surface area contributed by atoms with Gasteiger partial charge in [-0.2, -0.15) is 0 Å². The number of ketones is 1. The maximum Gasteiger partial charge on any atom is 0.180 e. The third-order valence-corrected chi connectivity index (χ3v) is 2.58. The van der Waals surface area contributed by atoms with Crippen molar-refractivity contribution in [2.75, 3.05) is 5.88 Å². The number of hydrogen-bond acceptors (Lipinski definition) is 1. The number of rotatable bonds is 2. The summed E-state index contributed by atoms with van der Waals surface area (Å²) in [6, 6.07) is 5.18. The summed E-state index contributed by atoms with van der Waals surface area (Å²) in [5, 5.41) is 0.426. The number of Topliss-reactive ketones (excluding diaryl/α,β-unsaturated/α-hetero) is 1. The summed E-state index contributed by atoms with van der Waals surface area (Å²) >= 11 is 14.4. The van der Waals surface area contributed by atoms with Gasteiger partial charge in [-0.1, -0.05) is 17.7 Å². The Kier molecular flexibility index (Phi) is 3.56. The first-order chi connectivity index (χ1) is 5.66. The van der Waals surface area contributed by atoms with E-state index in [1.807, 2.05) is 0 Å². The number of benzene rings is 1. The monoisotopic (exact) mass is 266 g/mol. The zero-order valence-corrected chi connectivity index (χ0v) is 9.08. The highest BCUT2D eigenvalue weighted by Crippen LogP contribution is 2.25. The van der Waals surface area contributed by atoms with Crippen LogP contribution in [0.4, 0.5) is 0 Å². The van der Waals surface area contributed by atoms with Crippen LogP contribution in [0.3, 0.4) is 0 Å². The van der Waals surface area contributed by atoms with Gasteiger partial charge in [0.15, 0.2) is 5.78 Å². The van der Waals surface area contributed by atoms with Crippen LogP contribution in [0.2, 0.25) is 5.02 Å². The van der Waals surface area contributed by atoms with E-state index in [1.54, 1.807) is 18.2 Å². The van der Waals surface area contributed by atoms with Gasteiger partial charge in [-0.3, -0.25) is 4.79 Å². The number of halogens is 3. The maximum atomic E-state index is 11.2. The molecule has 0 aromatic heterocycles. The summed E-state index contributed by atoms with van der Waals surface area (Å²) in [6.45, 7) is 0. The van der Waals surface area contributed by atoms with E-state index >= 15 is 0 Å². The van der Waals surface area contributed by atoms with Crippen molar-refractivity contribution in [3.63, 3.8) is 0 Å². The van der Waals surface area contributed by atoms with E-state index < -0.39 is 0 Å². The Morgan fingerprint density at radius 2 is 2.17 bits per heavy atom. The maximum absolute atomic E-state index is 11.2. The van der Waals surface area contributed by atoms with Gasteiger partial charge in [0.2, 0.25) is 0 Å². The number of carbonyl (C=O) groups is 1. The summed E-state index contributed by atoms with van der Waals surface area (Å²) in [4.78, 5) is 11.2. The van der Waals surface area contributed by atoms with Crippen molar-refractivity contribution in [1.29, 1.82) is 0 Å². The first-order valence-electron chi connectivity index (χ1n) is 3.20. The predicted octanol–water partition coefficient (Wildman–Crippen LogP) is 3.52. The Bertz CT molecular complexity index is 292. The van der Waals surface area contributed by atoms with Crippen LogP contribution in [0.5, 0.6) is 0 Å². The van der Waals surface area contributed by atoms with Gasteiger partial charge < -0.3 is 0 Å². The Balaban J connectivity index is 3.21. The van der Waals surface area contributed by atoms with Gasteiger partial charge in [0.05, 0.1) is 16.5 Å². The van der Waals surface area contributed by atoms with Crippen LogP contribution in [0.25, 0.3) is 0 Å². The van der Waals surface area contributed by atoms with Crippen LogP contribution in [-0.4, -0.2) is 11.7 Å². The molecule has 0 saturated carbocycles. The zero-order chi connectivity index (χ0) is 9.14. The molecular formula is C8H5BrCl2O. The molecule has 0 unspecified atom stereocenters. The Labute approximate surface area is 88.8 Å². The minimum Gasteiger partial charge on any atom is -0.293 e. The Morgan fingerprint density at radius 3 is 2.67 bits per heavy atom. The SMILES string of the molecule is O=C(CCl)c1c(Cl)cccc1Br. The molecule has 0 amide bonds. The third kappa shape index (κ3) is 2.00. The lowest BCUT2D eigenvalue weighted by Gasteiger charge is -2.02. The molecule has 1 rings (SSSR count). The first kappa shape index (κ1) is 10.0. The molecule has 0 radical (unpaired) electrons. The van der Waals surface area contributed by atoms with Gasteiger partial charge in [0, 0.05) is 4.47 Å². The van der Waals surface area contributed by atoms with Crippen LogP contribution < -0.4 is 0 Å². The molecule has 0 saturated heterocycles. The molecule has 0 atom stereocenters. The van der Waals surface area contributed by atoms with Crippen molar-refractivity contribution in [2.45, 2.75) is 0 Å². The summed E-state index contributed by atoms with van der Waals surface area (Å²) < 4.78 is 0.681. The first-order valence-corrected chi connectivity index (χ1v) is 4.90. The summed E-state index contributed by atoms with van der Waals surface area (Å²) in [5.74, 6) is -0.225. The van der Waals surface area contributed by atoms with E-state index in [2.05, 4.69) is 15.9 Å². The van der Waals surface area contributed by atoms with Gasteiger partial charge in [-0.25, -0.2) is 0 Å². The van der Waals surface area contributed by atoms with E-state index in [0.29, 0.717) is 15.1 Å². The molecule has 1 aromatic carbocycles. The van der Waals surface area contributed by atoms with Crippen molar-refractivity contribution >= 4 is 44.9 Å². The van der Waals surface area contributed by atoms with E-state index in [-0.39, 0.29) is 11.7 Å². The van der Waals surface area contributed by atoms with Crippen LogP contribution in [0, 0.1) is 0 Å². The average Bonchev–Trinajstić information content (AvgIpc) is 2.03. The predicted molar refractivity (Wildman–Crippen MR) is 54.2 cm³/mol. The lowest BCUT2D eigenvalue weighted by Crippen LogP contribution is -2.02. The molecular weight excluding hydrogens is 263 g/mol. The third-order valence-electron chi connectivity index (χ3n) is 1.36. The normalized spacial score (nSPS) is 9.92. The van der Waals surface area contributed by atoms with Gasteiger partial charge >= 0.3 is 0 Å². The smallest absolute Gasteiger partial charge is 0.180 e. The molecule has 0 spiro atoms. The minimum atomic E-state index is -0.172. The number of alkyl halides is 1. The summed E-state index contributed by atoms with van der Waals surface area (Å²) in [5.41, 5.74) is 0.453. The number of carbonyl (C=O) groups excluding carboxylic acids is 1. The second-order valence-corrected chi connectivity index (χ2v) is 3.68. The highest BCUT2D eigenvalue weighted by Gasteiger charge is 2.11. The van der Waals surface area contributed by atoms with Gasteiger partial charge in [-0.15, -0.1) is 11.6 Å². The van der Waals surface area contributed by atoms with Crippen molar-refractivity contribution in [1.82, 2.24) is 0 Å². The lowest BCUT2D eigenvalue weighted by molar-refractivity contribution is 0.102. The standard InChI is InChI=1S/C8H5BrCl2O/c9-5-2-1-3-6(11)8(5)7(12)4-10/h1-3H,4H2. The molecule has 1 aromatic rings. The Hall–Kier alpha value is -0.0500. The van der Waals surface area contributed by atoms with Crippen LogP contribution in [0.15, 0.2) is 22.7 Å². The molecule has 0 heterocycles. The minimum absolute atomic E-state index is 0.0532. The molecule has 4 heteroatoms. The van der Waals surface area contributed by atoms with Crippen molar-refractivity contribution in [3.05, 3.63) is 33.3 Å². The zero-order valence-electron chi connectivity index (χ0n) is 5.98. The van der Waals surface area contributed by atoms with E-state index in [1.165, 1.54) is 0 Å². The lowest BCUT2D eigenvalue weighted by atomic mass is 10.1. The van der Waals surface area contributed by atoms with E-state index in [4.69, 9.17) is 23.2 Å². The molecule has 0 fully saturated rings. The highest BCUT2D eigenvalue weighted by atomic mass is 79.9.